The van der Waals surface area contributed by atoms with Crippen LogP contribution in [0.2, 0.25) is 0 Å². The zero-order chi connectivity index (χ0) is 13.9. The van der Waals surface area contributed by atoms with Crippen molar-refractivity contribution >= 4 is 11.6 Å². The van der Waals surface area contributed by atoms with Gasteiger partial charge < -0.3 is 20.9 Å². The number of amides is 1. The molecule has 1 fully saturated rings. The van der Waals surface area contributed by atoms with E-state index in [-0.39, 0.29) is 17.1 Å². The molecule has 1 aromatic carbocycles. The topological polar surface area (TPSA) is 84.6 Å². The maximum Gasteiger partial charge on any atom is 0.225 e. The van der Waals surface area contributed by atoms with E-state index in [0.29, 0.717) is 24.4 Å². The fourth-order valence-corrected chi connectivity index (χ4v) is 2.41. The van der Waals surface area contributed by atoms with Crippen LogP contribution in [0.5, 0.6) is 11.5 Å². The van der Waals surface area contributed by atoms with Gasteiger partial charge in [0.25, 0.3) is 0 Å². The fourth-order valence-electron chi connectivity index (χ4n) is 2.41. The van der Waals surface area contributed by atoms with Crippen LogP contribution in [0.4, 0.5) is 5.69 Å². The SMILES string of the molecule is COc1ccc(NC(=O)CC2(CN)CCC2)c(O)c1. The summed E-state index contributed by atoms with van der Waals surface area (Å²) < 4.78 is 4.99. The second-order valence-electron chi connectivity index (χ2n) is 5.17. The summed E-state index contributed by atoms with van der Waals surface area (Å²) in [5.74, 6) is 0.446. The minimum Gasteiger partial charge on any atom is -0.506 e. The number of methoxy groups -OCH3 is 1. The van der Waals surface area contributed by atoms with Gasteiger partial charge in [-0.15, -0.1) is 0 Å². The summed E-state index contributed by atoms with van der Waals surface area (Å²) in [6.45, 7) is 0.537. The molecule has 1 aromatic rings. The minimum atomic E-state index is -0.106. The number of phenolic OH excluding ortho intramolecular Hbond substituents is 1. The van der Waals surface area contributed by atoms with Crippen LogP contribution in [0.25, 0.3) is 0 Å². The number of benzene rings is 1. The molecular formula is C14H20N2O3. The summed E-state index contributed by atoms with van der Waals surface area (Å²) in [5.41, 5.74) is 6.10. The lowest BCUT2D eigenvalue weighted by Gasteiger charge is -2.40. The number of aromatic hydroxyl groups is 1. The number of hydrogen-bond donors (Lipinski definition) is 3. The Morgan fingerprint density at radius 3 is 2.74 bits per heavy atom. The van der Waals surface area contributed by atoms with Gasteiger partial charge in [-0.3, -0.25) is 4.79 Å². The van der Waals surface area contributed by atoms with Gasteiger partial charge in [-0.1, -0.05) is 6.42 Å². The Hall–Kier alpha value is -1.75. The molecule has 2 rings (SSSR count). The summed E-state index contributed by atoms with van der Waals surface area (Å²) in [6, 6.07) is 4.79. The van der Waals surface area contributed by atoms with Gasteiger partial charge in [-0.25, -0.2) is 0 Å². The molecule has 0 saturated heterocycles. The highest BCUT2D eigenvalue weighted by molar-refractivity contribution is 5.92. The molecule has 19 heavy (non-hydrogen) atoms. The molecule has 0 radical (unpaired) electrons. The van der Waals surface area contributed by atoms with E-state index in [1.54, 1.807) is 12.1 Å². The van der Waals surface area contributed by atoms with Gasteiger partial charge in [0.2, 0.25) is 5.91 Å². The molecule has 4 N–H and O–H groups in total. The first-order valence-corrected chi connectivity index (χ1v) is 6.45. The van der Waals surface area contributed by atoms with Crippen molar-refractivity contribution in [1.82, 2.24) is 0 Å². The summed E-state index contributed by atoms with van der Waals surface area (Å²) in [5, 5.41) is 12.5. The third-order valence-electron chi connectivity index (χ3n) is 3.86. The van der Waals surface area contributed by atoms with E-state index >= 15 is 0 Å². The average molecular weight is 264 g/mol. The normalized spacial score (nSPS) is 16.5. The molecule has 5 heteroatoms. The molecule has 1 aliphatic rings. The molecule has 0 bridgehead atoms. The molecule has 104 valence electrons. The van der Waals surface area contributed by atoms with Crippen molar-refractivity contribution in [2.75, 3.05) is 19.0 Å². The van der Waals surface area contributed by atoms with Crippen molar-refractivity contribution in [3.8, 4) is 11.5 Å². The Kier molecular flexibility index (Phi) is 3.95. The van der Waals surface area contributed by atoms with Crippen molar-refractivity contribution in [1.29, 1.82) is 0 Å². The third kappa shape index (κ3) is 2.98. The second kappa shape index (κ2) is 5.48. The van der Waals surface area contributed by atoms with Gasteiger partial charge in [0.1, 0.15) is 11.5 Å². The number of nitrogens with two attached hydrogens (primary N) is 1. The molecule has 0 unspecified atom stereocenters. The Bertz CT molecular complexity index is 464. The quantitative estimate of drug-likeness (QED) is 0.709. The number of hydrogen-bond acceptors (Lipinski definition) is 4. The number of nitrogens with one attached hydrogen (secondary N) is 1. The summed E-state index contributed by atoms with van der Waals surface area (Å²) in [7, 11) is 1.52. The van der Waals surface area contributed by atoms with Crippen molar-refractivity contribution in [3.05, 3.63) is 18.2 Å². The van der Waals surface area contributed by atoms with E-state index in [1.807, 2.05) is 0 Å². The third-order valence-corrected chi connectivity index (χ3v) is 3.86. The number of rotatable bonds is 5. The Balaban J connectivity index is 1.99. The van der Waals surface area contributed by atoms with Crippen LogP contribution in [-0.4, -0.2) is 24.7 Å². The highest BCUT2D eigenvalue weighted by Crippen LogP contribution is 2.43. The molecule has 1 saturated carbocycles. The van der Waals surface area contributed by atoms with Crippen molar-refractivity contribution in [2.45, 2.75) is 25.7 Å². The van der Waals surface area contributed by atoms with Crippen LogP contribution in [0.3, 0.4) is 0 Å². The number of carbonyl (C=O) groups is 1. The lowest BCUT2D eigenvalue weighted by Crippen LogP contribution is -2.40. The van der Waals surface area contributed by atoms with Crippen molar-refractivity contribution in [2.24, 2.45) is 11.1 Å². The van der Waals surface area contributed by atoms with Gasteiger partial charge in [-0.05, 0) is 36.9 Å². The van der Waals surface area contributed by atoms with Gasteiger partial charge >= 0.3 is 0 Å². The van der Waals surface area contributed by atoms with E-state index in [9.17, 15) is 9.90 Å². The first kappa shape index (κ1) is 13.7. The Labute approximate surface area is 112 Å². The van der Waals surface area contributed by atoms with Gasteiger partial charge in [0.15, 0.2) is 0 Å². The molecule has 0 aromatic heterocycles. The zero-order valence-electron chi connectivity index (χ0n) is 11.1. The van der Waals surface area contributed by atoms with Crippen LogP contribution < -0.4 is 15.8 Å². The number of anilines is 1. The molecule has 1 amide bonds. The van der Waals surface area contributed by atoms with Crippen molar-refractivity contribution < 1.29 is 14.6 Å². The lowest BCUT2D eigenvalue weighted by atomic mass is 9.66. The molecule has 0 atom stereocenters. The molecular weight excluding hydrogens is 244 g/mol. The summed E-state index contributed by atoms with van der Waals surface area (Å²) in [4.78, 5) is 12.0. The predicted octanol–water partition coefficient (Wildman–Crippen LogP) is 1.86. The van der Waals surface area contributed by atoms with Gasteiger partial charge in [-0.2, -0.15) is 0 Å². The van der Waals surface area contributed by atoms with E-state index in [0.717, 1.165) is 19.3 Å². The van der Waals surface area contributed by atoms with E-state index < -0.39 is 0 Å². The minimum absolute atomic E-state index is 0.00288. The van der Waals surface area contributed by atoms with Gasteiger partial charge in [0.05, 0.1) is 12.8 Å². The monoisotopic (exact) mass is 264 g/mol. The number of phenols is 1. The Morgan fingerprint density at radius 1 is 1.53 bits per heavy atom. The maximum absolute atomic E-state index is 12.0. The van der Waals surface area contributed by atoms with Crippen molar-refractivity contribution in [3.63, 3.8) is 0 Å². The molecule has 5 nitrogen and oxygen atoms in total. The summed E-state index contributed by atoms with van der Waals surface area (Å²) in [6.07, 6.45) is 3.56. The van der Waals surface area contributed by atoms with Crippen LogP contribution in [0.1, 0.15) is 25.7 Å². The summed E-state index contributed by atoms with van der Waals surface area (Å²) >= 11 is 0. The standard InChI is InChI=1S/C14H20N2O3/c1-19-10-3-4-11(12(17)7-10)16-13(18)8-14(9-15)5-2-6-14/h3-4,7,17H,2,5-6,8-9,15H2,1H3,(H,16,18). The van der Waals surface area contributed by atoms with Crippen LogP contribution in [0, 0.1) is 5.41 Å². The van der Waals surface area contributed by atoms with Crippen LogP contribution in [-0.2, 0) is 4.79 Å². The number of carbonyl (C=O) groups excluding carboxylic acids is 1. The van der Waals surface area contributed by atoms with Crippen LogP contribution in [0.15, 0.2) is 18.2 Å². The molecule has 1 aliphatic carbocycles. The zero-order valence-corrected chi connectivity index (χ0v) is 11.1. The fraction of sp³-hybridized carbons (Fsp3) is 0.500. The predicted molar refractivity (Wildman–Crippen MR) is 73.2 cm³/mol. The first-order chi connectivity index (χ1) is 9.08. The largest absolute Gasteiger partial charge is 0.506 e. The average Bonchev–Trinajstić information content (AvgIpc) is 2.36. The highest BCUT2D eigenvalue weighted by atomic mass is 16.5. The van der Waals surface area contributed by atoms with Crippen LogP contribution >= 0.6 is 0 Å². The molecule has 0 aliphatic heterocycles. The Morgan fingerprint density at radius 2 is 2.26 bits per heavy atom. The lowest BCUT2D eigenvalue weighted by molar-refractivity contribution is -0.119. The van der Waals surface area contributed by atoms with Gasteiger partial charge in [0, 0.05) is 12.5 Å². The van der Waals surface area contributed by atoms with E-state index in [2.05, 4.69) is 5.32 Å². The smallest absolute Gasteiger partial charge is 0.225 e. The second-order valence-corrected chi connectivity index (χ2v) is 5.17. The molecule has 0 heterocycles. The highest BCUT2D eigenvalue weighted by Gasteiger charge is 2.37. The number of ether oxygens (including phenoxy) is 1. The van der Waals surface area contributed by atoms with E-state index in [1.165, 1.54) is 13.2 Å². The first-order valence-electron chi connectivity index (χ1n) is 6.45. The molecule has 0 spiro atoms. The maximum atomic E-state index is 12.0. The van der Waals surface area contributed by atoms with E-state index in [4.69, 9.17) is 10.5 Å².